The summed E-state index contributed by atoms with van der Waals surface area (Å²) in [5.74, 6) is -2.43. The number of phenols is 2. The summed E-state index contributed by atoms with van der Waals surface area (Å²) < 4.78 is 0. The summed E-state index contributed by atoms with van der Waals surface area (Å²) in [7, 11) is 0. The van der Waals surface area contributed by atoms with Gasteiger partial charge in [-0.1, -0.05) is 95.2 Å². The molecule has 2 aromatic carbocycles. The Bertz CT molecular complexity index is 1050. The number of rotatable bonds is 2. The van der Waals surface area contributed by atoms with E-state index in [1.54, 1.807) is 12.1 Å². The van der Waals surface area contributed by atoms with E-state index in [9.17, 15) is 30.0 Å². The van der Waals surface area contributed by atoms with Crippen molar-refractivity contribution >= 4 is 11.9 Å². The normalized spacial score (nSPS) is 12.2. The average Bonchev–Trinajstić information content (AvgIpc) is 2.64. The summed E-state index contributed by atoms with van der Waals surface area (Å²) in [5, 5.41) is 38.6. The van der Waals surface area contributed by atoms with E-state index in [-0.39, 0.29) is 61.4 Å². The number of carboxylic acid groups (broad SMARTS) is 2. The van der Waals surface area contributed by atoms with Crippen LogP contribution in [0.2, 0.25) is 0 Å². The fraction of sp³-hybridized carbons (Fsp3) is 0.533. The number of aromatic hydroxyl groups is 2. The van der Waals surface area contributed by atoms with Crippen LogP contribution in [0.25, 0.3) is 0 Å². The molecular weight excluding hydrogens is 512 g/mol. The molecule has 2 aromatic rings. The minimum Gasteiger partial charge on any atom is -0.507 e. The van der Waals surface area contributed by atoms with Crippen molar-refractivity contribution in [3.63, 3.8) is 0 Å². The van der Waals surface area contributed by atoms with Gasteiger partial charge in [-0.25, -0.2) is 9.59 Å². The Morgan fingerprint density at radius 2 is 0.757 bits per heavy atom. The Labute approximate surface area is 232 Å². The van der Waals surface area contributed by atoms with Gasteiger partial charge in [0, 0.05) is 28.2 Å². The quantitative estimate of drug-likeness (QED) is 0.287. The summed E-state index contributed by atoms with van der Waals surface area (Å²) in [5.41, 5.74) is 2.24. The van der Waals surface area contributed by atoms with Gasteiger partial charge in [0.15, 0.2) is 0 Å². The van der Waals surface area contributed by atoms with Crippen LogP contribution in [-0.4, -0.2) is 32.4 Å². The SMILES string of the molecule is CC(C)(C)c1cc(C(=O)O)c(O)c(C(C)(C)C)c1.CC(C)(C)c1cc(C(=O)O)c(O)c(C(C)(C)C)c1.[Fe]. The third-order valence-electron chi connectivity index (χ3n) is 6.03. The standard InChI is InChI=1S/2C15H22O3.Fe/c2*1-14(2,3)9-7-10(13(17)18)12(16)11(8-9)15(4,5)6;/h2*7-8,16H,1-6H3,(H,17,18);. The zero-order valence-electron chi connectivity index (χ0n) is 24.3. The number of hydrogen-bond acceptors (Lipinski definition) is 4. The van der Waals surface area contributed by atoms with Gasteiger partial charge in [-0.05, 0) is 44.9 Å². The van der Waals surface area contributed by atoms with Gasteiger partial charge < -0.3 is 20.4 Å². The first kappa shape index (κ1) is 34.5. The van der Waals surface area contributed by atoms with Crippen molar-refractivity contribution < 1.29 is 47.1 Å². The minimum atomic E-state index is -1.09. The molecule has 0 aliphatic carbocycles. The minimum absolute atomic E-state index is 0. The Balaban J connectivity index is 0.000000682. The largest absolute Gasteiger partial charge is 0.507 e. The Hall–Kier alpha value is -2.50. The third-order valence-corrected chi connectivity index (χ3v) is 6.03. The smallest absolute Gasteiger partial charge is 0.339 e. The van der Waals surface area contributed by atoms with E-state index in [1.165, 1.54) is 0 Å². The first-order valence-corrected chi connectivity index (χ1v) is 12.1. The molecule has 7 heteroatoms. The van der Waals surface area contributed by atoms with Crippen molar-refractivity contribution in [3.05, 3.63) is 57.6 Å². The molecule has 0 fully saturated rings. The van der Waals surface area contributed by atoms with Crippen LogP contribution in [0.1, 0.15) is 126 Å². The molecule has 0 unspecified atom stereocenters. The van der Waals surface area contributed by atoms with Gasteiger partial charge in [0.05, 0.1) is 0 Å². The maximum atomic E-state index is 11.2. The molecular formula is C30H44FeO6. The van der Waals surface area contributed by atoms with Crippen molar-refractivity contribution in [2.24, 2.45) is 0 Å². The zero-order valence-corrected chi connectivity index (χ0v) is 25.4. The first-order chi connectivity index (χ1) is 15.9. The number of hydrogen-bond donors (Lipinski definition) is 4. The second kappa shape index (κ2) is 11.5. The maximum Gasteiger partial charge on any atom is 0.339 e. The van der Waals surface area contributed by atoms with E-state index in [0.717, 1.165) is 11.1 Å². The second-order valence-electron chi connectivity index (χ2n) is 13.5. The van der Waals surface area contributed by atoms with Gasteiger partial charge in [-0.3, -0.25) is 0 Å². The summed E-state index contributed by atoms with van der Waals surface area (Å²) in [6.07, 6.45) is 0. The molecule has 0 radical (unpaired) electrons. The van der Waals surface area contributed by atoms with E-state index in [4.69, 9.17) is 0 Å². The summed E-state index contributed by atoms with van der Waals surface area (Å²) in [4.78, 5) is 22.4. The van der Waals surface area contributed by atoms with Crippen LogP contribution in [0, 0.1) is 0 Å². The molecule has 0 saturated carbocycles. The molecule has 4 N–H and O–H groups in total. The van der Waals surface area contributed by atoms with E-state index in [0.29, 0.717) is 11.1 Å². The van der Waals surface area contributed by atoms with Crippen LogP contribution in [0.5, 0.6) is 11.5 Å². The van der Waals surface area contributed by atoms with Crippen molar-refractivity contribution in [1.82, 2.24) is 0 Å². The number of aromatic carboxylic acids is 2. The van der Waals surface area contributed by atoms with Crippen LogP contribution in [0.15, 0.2) is 24.3 Å². The van der Waals surface area contributed by atoms with Crippen molar-refractivity contribution in [1.29, 1.82) is 0 Å². The fourth-order valence-corrected chi connectivity index (χ4v) is 3.60. The monoisotopic (exact) mass is 556 g/mol. The molecule has 0 heterocycles. The van der Waals surface area contributed by atoms with E-state index < -0.39 is 11.9 Å². The molecule has 0 bridgehead atoms. The molecule has 0 atom stereocenters. The first-order valence-electron chi connectivity index (χ1n) is 12.1. The van der Waals surface area contributed by atoms with Crippen molar-refractivity contribution in [2.75, 3.05) is 0 Å². The summed E-state index contributed by atoms with van der Waals surface area (Å²) in [6.45, 7) is 23.9. The van der Waals surface area contributed by atoms with Crippen LogP contribution < -0.4 is 0 Å². The van der Waals surface area contributed by atoms with Crippen LogP contribution in [-0.2, 0) is 38.7 Å². The molecule has 0 aliphatic rings. The fourth-order valence-electron chi connectivity index (χ4n) is 3.60. The average molecular weight is 557 g/mol. The molecule has 6 nitrogen and oxygen atoms in total. The van der Waals surface area contributed by atoms with Crippen LogP contribution >= 0.6 is 0 Å². The van der Waals surface area contributed by atoms with Crippen molar-refractivity contribution in [2.45, 2.75) is 105 Å². The molecule has 2 rings (SSSR count). The Kier molecular flexibility index (Phi) is 10.7. The summed E-state index contributed by atoms with van der Waals surface area (Å²) in [6, 6.07) is 6.93. The van der Waals surface area contributed by atoms with E-state index in [2.05, 4.69) is 0 Å². The molecule has 0 saturated heterocycles. The second-order valence-corrected chi connectivity index (χ2v) is 13.5. The predicted octanol–water partition coefficient (Wildman–Crippen LogP) is 7.37. The summed E-state index contributed by atoms with van der Waals surface area (Å²) >= 11 is 0. The maximum absolute atomic E-state index is 11.2. The topological polar surface area (TPSA) is 115 Å². The van der Waals surface area contributed by atoms with Crippen molar-refractivity contribution in [3.8, 4) is 11.5 Å². The predicted molar refractivity (Wildman–Crippen MR) is 145 cm³/mol. The van der Waals surface area contributed by atoms with Crippen LogP contribution in [0.4, 0.5) is 0 Å². The van der Waals surface area contributed by atoms with Crippen LogP contribution in [0.3, 0.4) is 0 Å². The molecule has 37 heavy (non-hydrogen) atoms. The third kappa shape index (κ3) is 8.79. The molecule has 0 spiro atoms. The molecule has 208 valence electrons. The van der Waals surface area contributed by atoms with E-state index >= 15 is 0 Å². The molecule has 0 aliphatic heterocycles. The van der Waals surface area contributed by atoms with Gasteiger partial charge in [-0.15, -0.1) is 0 Å². The Morgan fingerprint density at radius 3 is 0.919 bits per heavy atom. The van der Waals surface area contributed by atoms with E-state index in [1.807, 2.05) is 95.2 Å². The number of benzene rings is 2. The van der Waals surface area contributed by atoms with Gasteiger partial charge in [-0.2, -0.15) is 0 Å². The molecule has 0 amide bonds. The van der Waals surface area contributed by atoms with Gasteiger partial charge in [0.2, 0.25) is 0 Å². The Morgan fingerprint density at radius 1 is 0.514 bits per heavy atom. The van der Waals surface area contributed by atoms with Gasteiger partial charge >= 0.3 is 11.9 Å². The zero-order chi connectivity index (χ0) is 28.6. The molecule has 0 aromatic heterocycles. The van der Waals surface area contributed by atoms with Gasteiger partial charge in [0.25, 0.3) is 0 Å². The number of carbonyl (C=O) groups is 2. The number of carboxylic acids is 2. The van der Waals surface area contributed by atoms with Gasteiger partial charge in [0.1, 0.15) is 22.6 Å².